The van der Waals surface area contributed by atoms with Crippen molar-refractivity contribution < 1.29 is 8.78 Å². The Bertz CT molecular complexity index is 1970. The van der Waals surface area contributed by atoms with E-state index < -0.39 is 0 Å². The van der Waals surface area contributed by atoms with Crippen molar-refractivity contribution in [2.24, 2.45) is 15.9 Å². The van der Waals surface area contributed by atoms with E-state index in [-0.39, 0.29) is 23.5 Å². The summed E-state index contributed by atoms with van der Waals surface area (Å²) in [5, 5.41) is 19.1. The van der Waals surface area contributed by atoms with E-state index in [1.165, 1.54) is 24.3 Å². The van der Waals surface area contributed by atoms with Crippen LogP contribution in [0.25, 0.3) is 27.8 Å². The summed E-state index contributed by atoms with van der Waals surface area (Å²) < 4.78 is 27.8. The van der Waals surface area contributed by atoms with Crippen molar-refractivity contribution in [3.05, 3.63) is 137 Å². The first-order chi connectivity index (χ1) is 19.6. The molecule has 0 amide bonds. The van der Waals surface area contributed by atoms with E-state index in [1.54, 1.807) is 12.1 Å². The van der Waals surface area contributed by atoms with Crippen LogP contribution in [0.4, 0.5) is 8.78 Å². The van der Waals surface area contributed by atoms with E-state index in [9.17, 15) is 19.3 Å². The Balaban J connectivity index is 1.37. The second-order valence-electron chi connectivity index (χ2n) is 9.96. The van der Waals surface area contributed by atoms with Gasteiger partial charge in [0.05, 0.1) is 11.4 Å². The molecule has 3 aliphatic rings. The van der Waals surface area contributed by atoms with Gasteiger partial charge in [-0.15, -0.1) is 0 Å². The van der Waals surface area contributed by atoms with Crippen LogP contribution in [0.1, 0.15) is 33.7 Å². The Morgan fingerprint density at radius 1 is 0.625 bits per heavy atom. The summed E-state index contributed by atoms with van der Waals surface area (Å²) in [7, 11) is 0. The van der Waals surface area contributed by atoms with Gasteiger partial charge in [0.2, 0.25) is 12.4 Å². The van der Waals surface area contributed by atoms with Gasteiger partial charge in [-0.05, 0) is 81.4 Å². The van der Waals surface area contributed by atoms with E-state index in [2.05, 4.69) is 16.1 Å². The Labute approximate surface area is 229 Å². The lowest BCUT2D eigenvalue weighted by molar-refractivity contribution is 0.627. The maximum absolute atomic E-state index is 13.9. The SMILES string of the molecule is N#CN=C1c2cc(-c3cccc(F)c3)ccc2-c2cc3c(cc21)C1C=CC(c2cccc(F)c2)=CC1C3=NC#N. The van der Waals surface area contributed by atoms with Crippen LogP contribution in [0.3, 0.4) is 0 Å². The highest BCUT2D eigenvalue weighted by Gasteiger charge is 2.40. The predicted molar refractivity (Wildman–Crippen MR) is 150 cm³/mol. The first-order valence-electron chi connectivity index (χ1n) is 12.7. The first-order valence-corrected chi connectivity index (χ1v) is 12.7. The summed E-state index contributed by atoms with van der Waals surface area (Å²) in [5.74, 6) is -0.890. The van der Waals surface area contributed by atoms with E-state index in [0.29, 0.717) is 11.4 Å². The van der Waals surface area contributed by atoms with Crippen molar-refractivity contribution in [3.8, 4) is 34.6 Å². The van der Waals surface area contributed by atoms with E-state index in [1.807, 2.05) is 67.0 Å². The summed E-state index contributed by atoms with van der Waals surface area (Å²) in [6.45, 7) is 0. The number of nitriles is 2. The number of nitrogens with zero attached hydrogens (tertiary/aromatic N) is 4. The topological polar surface area (TPSA) is 72.3 Å². The number of halogens is 2. The highest BCUT2D eigenvalue weighted by molar-refractivity contribution is 6.26. The van der Waals surface area contributed by atoms with Crippen LogP contribution in [-0.2, 0) is 0 Å². The molecule has 3 aliphatic carbocycles. The minimum atomic E-state index is -0.322. The third-order valence-electron chi connectivity index (χ3n) is 7.84. The molecule has 40 heavy (non-hydrogen) atoms. The lowest BCUT2D eigenvalue weighted by atomic mass is 9.83. The average molecular weight is 521 g/mol. The molecule has 0 aromatic heterocycles. The molecular formula is C34H18F2N4. The fourth-order valence-corrected chi connectivity index (χ4v) is 6.13. The monoisotopic (exact) mass is 520 g/mol. The minimum absolute atomic E-state index is 0.0698. The predicted octanol–water partition coefficient (Wildman–Crippen LogP) is 7.57. The van der Waals surface area contributed by atoms with Crippen LogP contribution in [0.15, 0.2) is 107 Å². The number of hydrogen-bond acceptors (Lipinski definition) is 4. The van der Waals surface area contributed by atoms with Crippen LogP contribution in [0, 0.1) is 40.5 Å². The fourth-order valence-electron chi connectivity index (χ4n) is 6.13. The van der Waals surface area contributed by atoms with Crippen molar-refractivity contribution in [1.29, 1.82) is 10.5 Å². The normalized spacial score (nSPS) is 19.9. The molecule has 0 radical (unpaired) electrons. The fraction of sp³-hybridized carbons (Fsp3) is 0.0588. The van der Waals surface area contributed by atoms with Crippen molar-refractivity contribution in [3.63, 3.8) is 0 Å². The molecule has 0 saturated heterocycles. The van der Waals surface area contributed by atoms with Crippen molar-refractivity contribution in [2.75, 3.05) is 0 Å². The molecule has 0 spiro atoms. The molecule has 7 rings (SSSR count). The molecule has 0 heterocycles. The van der Waals surface area contributed by atoms with Crippen LogP contribution in [0.2, 0.25) is 0 Å². The molecule has 2 unspecified atom stereocenters. The Morgan fingerprint density at radius 2 is 1.32 bits per heavy atom. The van der Waals surface area contributed by atoms with Gasteiger partial charge < -0.3 is 0 Å². The molecule has 188 valence electrons. The molecular weight excluding hydrogens is 502 g/mol. The van der Waals surface area contributed by atoms with Crippen molar-refractivity contribution in [2.45, 2.75) is 5.92 Å². The molecule has 4 aromatic carbocycles. The van der Waals surface area contributed by atoms with E-state index in [4.69, 9.17) is 0 Å². The minimum Gasteiger partial charge on any atom is -0.207 e. The van der Waals surface area contributed by atoms with E-state index in [0.717, 1.165) is 55.6 Å². The lowest BCUT2D eigenvalue weighted by Gasteiger charge is -2.20. The maximum atomic E-state index is 13.9. The number of allylic oxidation sites excluding steroid dienone is 4. The van der Waals surface area contributed by atoms with Gasteiger partial charge in [-0.1, -0.05) is 54.6 Å². The van der Waals surface area contributed by atoms with Crippen LogP contribution >= 0.6 is 0 Å². The third kappa shape index (κ3) is 3.62. The van der Waals surface area contributed by atoms with Gasteiger partial charge >= 0.3 is 0 Å². The van der Waals surface area contributed by atoms with Gasteiger partial charge in [0.1, 0.15) is 11.6 Å². The van der Waals surface area contributed by atoms with Gasteiger partial charge in [-0.2, -0.15) is 20.5 Å². The van der Waals surface area contributed by atoms with Gasteiger partial charge in [-0.25, -0.2) is 8.78 Å². The van der Waals surface area contributed by atoms with E-state index >= 15 is 0 Å². The standard InChI is InChI=1S/C34H18F2N4/c35-23-5-1-3-19(11-23)21-7-9-25-27-15-32-28(16-31(27)33(39-17-37)29(25)13-21)26-10-8-22(14-30(26)34(32)40-18-38)20-4-2-6-24(36)12-20/h1-16,25,29H. The Morgan fingerprint density at radius 3 is 2.08 bits per heavy atom. The maximum Gasteiger partial charge on any atom is 0.206 e. The highest BCUT2D eigenvalue weighted by atomic mass is 19.1. The number of aliphatic imine (C=N–C) groups is 2. The average Bonchev–Trinajstić information content (AvgIpc) is 3.43. The van der Waals surface area contributed by atoms with Crippen molar-refractivity contribution in [1.82, 2.24) is 0 Å². The molecule has 6 heteroatoms. The highest BCUT2D eigenvalue weighted by Crippen LogP contribution is 2.49. The molecule has 4 nitrogen and oxygen atoms in total. The third-order valence-corrected chi connectivity index (χ3v) is 7.84. The van der Waals surface area contributed by atoms with Crippen molar-refractivity contribution >= 4 is 17.0 Å². The largest absolute Gasteiger partial charge is 0.207 e. The van der Waals surface area contributed by atoms with Gasteiger partial charge in [0.15, 0.2) is 0 Å². The molecule has 0 aliphatic heterocycles. The molecule has 0 N–H and O–H groups in total. The Hall–Kier alpha value is -5.46. The molecule has 0 fully saturated rings. The molecule has 4 aromatic rings. The molecule has 0 bridgehead atoms. The smallest absolute Gasteiger partial charge is 0.206 e. The summed E-state index contributed by atoms with van der Waals surface area (Å²) >= 11 is 0. The van der Waals surface area contributed by atoms with Gasteiger partial charge in [0, 0.05) is 28.5 Å². The van der Waals surface area contributed by atoms with Crippen LogP contribution in [-0.4, -0.2) is 11.4 Å². The first kappa shape index (κ1) is 23.6. The number of rotatable bonds is 2. The number of benzene rings is 4. The van der Waals surface area contributed by atoms with Crippen LogP contribution in [0.5, 0.6) is 0 Å². The zero-order chi connectivity index (χ0) is 27.4. The zero-order valence-electron chi connectivity index (χ0n) is 20.9. The van der Waals surface area contributed by atoms with Crippen LogP contribution < -0.4 is 0 Å². The molecule has 2 atom stereocenters. The number of hydrogen-bond donors (Lipinski definition) is 0. The summed E-state index contributed by atoms with van der Waals surface area (Å²) in [5.41, 5.74) is 9.70. The summed E-state index contributed by atoms with van der Waals surface area (Å²) in [6, 6.07) is 22.7. The number of fused-ring (bicyclic) bond motifs is 6. The summed E-state index contributed by atoms with van der Waals surface area (Å²) in [6.07, 6.45) is 10.0. The van der Waals surface area contributed by atoms with Gasteiger partial charge in [0.25, 0.3) is 0 Å². The lowest BCUT2D eigenvalue weighted by Crippen LogP contribution is -2.13. The second kappa shape index (κ2) is 9.08. The Kier molecular flexibility index (Phi) is 5.37. The molecule has 0 saturated carbocycles. The quantitative estimate of drug-likeness (QED) is 0.225. The second-order valence-corrected chi connectivity index (χ2v) is 9.96. The van der Waals surface area contributed by atoms with Gasteiger partial charge in [-0.3, -0.25) is 0 Å². The summed E-state index contributed by atoms with van der Waals surface area (Å²) in [4.78, 5) is 8.45. The zero-order valence-corrected chi connectivity index (χ0v) is 20.9.